The van der Waals surface area contributed by atoms with Gasteiger partial charge in [0.2, 0.25) is 0 Å². The summed E-state index contributed by atoms with van der Waals surface area (Å²) in [5.41, 5.74) is 2.03. The van der Waals surface area contributed by atoms with E-state index in [1.165, 1.54) is 6.08 Å². The zero-order valence-corrected chi connectivity index (χ0v) is 14.3. The van der Waals surface area contributed by atoms with Crippen molar-refractivity contribution in [1.29, 1.82) is 0 Å². The van der Waals surface area contributed by atoms with Gasteiger partial charge >= 0.3 is 0 Å². The summed E-state index contributed by atoms with van der Waals surface area (Å²) < 4.78 is 35.6. The van der Waals surface area contributed by atoms with Gasteiger partial charge in [0.15, 0.2) is 6.10 Å². The van der Waals surface area contributed by atoms with Gasteiger partial charge in [-0.05, 0) is 22.8 Å². The molecule has 3 rings (SSSR count). The highest BCUT2D eigenvalue weighted by Crippen LogP contribution is 2.37. The fraction of sp³-hybridized carbons (Fsp3) is 0.130. The fourth-order valence-electron chi connectivity index (χ4n) is 2.67. The first-order valence-electron chi connectivity index (χ1n) is 8.48. The van der Waals surface area contributed by atoms with Gasteiger partial charge in [0.05, 0.1) is 6.61 Å². The minimum Gasteiger partial charge on any atom is -0.362 e. The Balaban J connectivity index is 1.83. The summed E-state index contributed by atoms with van der Waals surface area (Å²) >= 11 is 0. The van der Waals surface area contributed by atoms with E-state index in [1.54, 1.807) is 42.5 Å². The zero-order valence-electron chi connectivity index (χ0n) is 14.3. The molecule has 0 amide bonds. The highest BCUT2D eigenvalue weighted by Gasteiger charge is 2.39. The van der Waals surface area contributed by atoms with Gasteiger partial charge in [-0.15, -0.1) is 0 Å². The van der Waals surface area contributed by atoms with E-state index < -0.39 is 12.0 Å². The van der Waals surface area contributed by atoms with E-state index in [0.29, 0.717) is 5.56 Å². The Labute approximate surface area is 152 Å². The van der Waals surface area contributed by atoms with E-state index in [9.17, 15) is 8.78 Å². The lowest BCUT2D eigenvalue weighted by Gasteiger charge is -2.25. The molecular formula is C23H20F2O. The van der Waals surface area contributed by atoms with Crippen LogP contribution in [0.3, 0.4) is 0 Å². The van der Waals surface area contributed by atoms with Crippen molar-refractivity contribution in [3.63, 3.8) is 0 Å². The molecule has 0 N–H and O–H groups in total. The maximum absolute atomic E-state index is 15.0. The van der Waals surface area contributed by atoms with Crippen molar-refractivity contribution in [3.05, 3.63) is 114 Å². The van der Waals surface area contributed by atoms with Gasteiger partial charge < -0.3 is 4.74 Å². The normalized spacial score (nSPS) is 13.0. The second kappa shape index (κ2) is 8.54. The third kappa shape index (κ3) is 4.87. The monoisotopic (exact) mass is 350 g/mol. The molecule has 0 saturated carbocycles. The first kappa shape index (κ1) is 18.0. The van der Waals surface area contributed by atoms with Gasteiger partial charge in [-0.3, -0.25) is 0 Å². The lowest BCUT2D eigenvalue weighted by Crippen LogP contribution is -2.26. The molecule has 1 nitrogen and oxygen atoms in total. The molecule has 1 unspecified atom stereocenters. The maximum Gasteiger partial charge on any atom is 0.296 e. The third-order valence-corrected chi connectivity index (χ3v) is 4.01. The van der Waals surface area contributed by atoms with E-state index in [-0.39, 0.29) is 6.61 Å². The second-order valence-corrected chi connectivity index (χ2v) is 6.01. The smallest absolute Gasteiger partial charge is 0.296 e. The number of rotatable bonds is 7. The van der Waals surface area contributed by atoms with E-state index in [2.05, 4.69) is 0 Å². The molecule has 3 heteroatoms. The molecule has 0 saturated heterocycles. The molecular weight excluding hydrogens is 330 g/mol. The Kier molecular flexibility index (Phi) is 5.92. The van der Waals surface area contributed by atoms with Crippen molar-refractivity contribution in [2.45, 2.75) is 18.6 Å². The predicted molar refractivity (Wildman–Crippen MR) is 101 cm³/mol. The van der Waals surface area contributed by atoms with Gasteiger partial charge in [0.1, 0.15) is 0 Å². The Hall–Kier alpha value is -2.78. The van der Waals surface area contributed by atoms with Crippen molar-refractivity contribution < 1.29 is 13.5 Å². The summed E-state index contributed by atoms with van der Waals surface area (Å²) in [5.74, 6) is -3.15. The van der Waals surface area contributed by atoms with Gasteiger partial charge in [-0.25, -0.2) is 0 Å². The van der Waals surface area contributed by atoms with Gasteiger partial charge in [-0.1, -0.05) is 97.1 Å². The first-order valence-corrected chi connectivity index (χ1v) is 8.48. The third-order valence-electron chi connectivity index (χ3n) is 4.01. The number of halogens is 2. The van der Waals surface area contributed by atoms with E-state index >= 15 is 0 Å². The molecule has 3 aromatic carbocycles. The van der Waals surface area contributed by atoms with E-state index in [4.69, 9.17) is 4.74 Å². The van der Waals surface area contributed by atoms with Crippen LogP contribution in [-0.4, -0.2) is 5.92 Å². The summed E-state index contributed by atoms with van der Waals surface area (Å²) in [5, 5.41) is 0. The zero-order chi connectivity index (χ0) is 18.2. The number of hydrogen-bond acceptors (Lipinski definition) is 1. The summed E-state index contributed by atoms with van der Waals surface area (Å²) in [7, 11) is 0. The van der Waals surface area contributed by atoms with Crippen LogP contribution in [0.4, 0.5) is 8.78 Å². The minimum absolute atomic E-state index is 0.120. The number of benzene rings is 3. The predicted octanol–water partition coefficient (Wildman–Crippen LogP) is 6.29. The molecule has 0 spiro atoms. The molecule has 1 atom stereocenters. The van der Waals surface area contributed by atoms with Crippen LogP contribution in [0.25, 0.3) is 6.08 Å². The molecule has 3 aromatic rings. The van der Waals surface area contributed by atoms with Crippen LogP contribution in [0, 0.1) is 0 Å². The highest BCUT2D eigenvalue weighted by atomic mass is 19.3. The lowest BCUT2D eigenvalue weighted by atomic mass is 10.0. The molecule has 0 aliphatic carbocycles. The van der Waals surface area contributed by atoms with Gasteiger partial charge in [0.25, 0.3) is 5.92 Å². The van der Waals surface area contributed by atoms with Crippen LogP contribution in [0.1, 0.15) is 22.8 Å². The SMILES string of the molecule is FC(F)(/C=C/c1ccccc1)C(OCc1ccccc1)c1ccccc1. The number of hydrogen-bond donors (Lipinski definition) is 0. The lowest BCUT2D eigenvalue weighted by molar-refractivity contribution is -0.115. The second-order valence-electron chi connectivity index (χ2n) is 6.01. The Bertz CT molecular complexity index is 815. The van der Waals surface area contributed by atoms with Crippen molar-refractivity contribution in [2.75, 3.05) is 0 Å². The first-order chi connectivity index (χ1) is 12.6. The quantitative estimate of drug-likeness (QED) is 0.486. The van der Waals surface area contributed by atoms with Crippen LogP contribution in [0.15, 0.2) is 97.1 Å². The summed E-state index contributed by atoms with van der Waals surface area (Å²) in [6.07, 6.45) is 0.996. The Morgan fingerprint density at radius 1 is 0.769 bits per heavy atom. The molecule has 0 heterocycles. The van der Waals surface area contributed by atoms with Gasteiger partial charge in [0, 0.05) is 0 Å². The molecule has 0 aliphatic rings. The molecule has 0 radical (unpaired) electrons. The molecule has 132 valence electrons. The summed E-state index contributed by atoms with van der Waals surface area (Å²) in [4.78, 5) is 0. The average Bonchev–Trinajstić information content (AvgIpc) is 2.69. The van der Waals surface area contributed by atoms with Crippen LogP contribution < -0.4 is 0 Å². The molecule has 0 aromatic heterocycles. The van der Waals surface area contributed by atoms with Crippen molar-refractivity contribution in [2.24, 2.45) is 0 Å². The Morgan fingerprint density at radius 3 is 1.92 bits per heavy atom. The minimum atomic E-state index is -3.15. The molecule has 0 aliphatic heterocycles. The fourth-order valence-corrected chi connectivity index (χ4v) is 2.67. The van der Waals surface area contributed by atoms with Crippen LogP contribution in [0.2, 0.25) is 0 Å². The van der Waals surface area contributed by atoms with E-state index in [0.717, 1.165) is 17.2 Å². The average molecular weight is 350 g/mol. The summed E-state index contributed by atoms with van der Waals surface area (Å²) in [6, 6.07) is 27.0. The number of alkyl halides is 2. The molecule has 0 fully saturated rings. The molecule has 0 bridgehead atoms. The summed E-state index contributed by atoms with van der Waals surface area (Å²) in [6.45, 7) is 0.120. The topological polar surface area (TPSA) is 9.23 Å². The van der Waals surface area contributed by atoms with Crippen LogP contribution in [0.5, 0.6) is 0 Å². The van der Waals surface area contributed by atoms with Crippen LogP contribution in [-0.2, 0) is 11.3 Å². The maximum atomic E-state index is 15.0. The van der Waals surface area contributed by atoms with E-state index in [1.807, 2.05) is 48.5 Å². The van der Waals surface area contributed by atoms with Crippen molar-refractivity contribution in [3.8, 4) is 0 Å². The molecule has 26 heavy (non-hydrogen) atoms. The number of ether oxygens (including phenoxy) is 1. The standard InChI is InChI=1S/C23H20F2O/c24-23(25,17-16-19-10-4-1-5-11-19)22(21-14-8-3-9-15-21)26-18-20-12-6-2-7-13-20/h1-17,22H,18H2/b17-16+. The van der Waals surface area contributed by atoms with Crippen molar-refractivity contribution >= 4 is 6.08 Å². The van der Waals surface area contributed by atoms with Crippen molar-refractivity contribution in [1.82, 2.24) is 0 Å². The Morgan fingerprint density at radius 2 is 1.31 bits per heavy atom. The largest absolute Gasteiger partial charge is 0.362 e. The van der Waals surface area contributed by atoms with Crippen LogP contribution >= 0.6 is 0 Å². The highest BCUT2D eigenvalue weighted by molar-refractivity contribution is 5.50. The van der Waals surface area contributed by atoms with Gasteiger partial charge in [-0.2, -0.15) is 8.78 Å².